The Labute approximate surface area is 95.6 Å². The maximum atomic E-state index is 13.0. The minimum Gasteiger partial charge on any atom is -0.369 e. The first-order chi connectivity index (χ1) is 7.74. The zero-order valence-electron chi connectivity index (χ0n) is 9.42. The largest absolute Gasteiger partial charge is 0.369 e. The predicted molar refractivity (Wildman–Crippen MR) is 61.4 cm³/mol. The van der Waals surface area contributed by atoms with E-state index < -0.39 is 0 Å². The molecule has 2 rings (SSSR count). The molecular weight excluding hydrogens is 205 g/mol. The van der Waals surface area contributed by atoms with Crippen LogP contribution in [0.2, 0.25) is 0 Å². The molecule has 0 aromatic heterocycles. The maximum absolute atomic E-state index is 13.0. The van der Waals surface area contributed by atoms with E-state index in [2.05, 4.69) is 0 Å². The van der Waals surface area contributed by atoms with Gasteiger partial charge in [0.1, 0.15) is 5.82 Å². The number of nitrogens with two attached hydrogens (primary N) is 1. The smallest absolute Gasteiger partial charge is 0.123 e. The fraction of sp³-hybridized carbons (Fsp3) is 0.538. The van der Waals surface area contributed by atoms with Gasteiger partial charge in [0, 0.05) is 6.54 Å². The van der Waals surface area contributed by atoms with E-state index in [0.717, 1.165) is 18.4 Å². The first kappa shape index (κ1) is 11.6. The van der Waals surface area contributed by atoms with E-state index in [1.165, 1.54) is 25.0 Å². The van der Waals surface area contributed by atoms with Gasteiger partial charge in [-0.05, 0) is 30.5 Å². The van der Waals surface area contributed by atoms with Gasteiger partial charge < -0.3 is 10.5 Å². The highest BCUT2D eigenvalue weighted by molar-refractivity contribution is 5.15. The lowest BCUT2D eigenvalue weighted by Gasteiger charge is -2.27. The van der Waals surface area contributed by atoms with Crippen molar-refractivity contribution in [1.29, 1.82) is 0 Å². The summed E-state index contributed by atoms with van der Waals surface area (Å²) in [5.74, 6) is -0.214. The number of benzene rings is 1. The fourth-order valence-electron chi connectivity index (χ4n) is 2.29. The van der Waals surface area contributed by atoms with Gasteiger partial charge in [-0.3, -0.25) is 0 Å². The molecule has 0 heterocycles. The maximum Gasteiger partial charge on any atom is 0.123 e. The number of rotatable bonds is 4. The average molecular weight is 223 g/mol. The highest BCUT2D eigenvalue weighted by Gasteiger charge is 2.33. The van der Waals surface area contributed by atoms with E-state index in [4.69, 9.17) is 10.5 Å². The topological polar surface area (TPSA) is 35.2 Å². The van der Waals surface area contributed by atoms with Crippen LogP contribution in [0.1, 0.15) is 31.2 Å². The van der Waals surface area contributed by atoms with Crippen LogP contribution in [0.3, 0.4) is 0 Å². The van der Waals surface area contributed by atoms with E-state index in [-0.39, 0.29) is 11.4 Å². The van der Waals surface area contributed by atoms with Gasteiger partial charge in [-0.2, -0.15) is 0 Å². The Morgan fingerprint density at radius 2 is 2.06 bits per heavy atom. The summed E-state index contributed by atoms with van der Waals surface area (Å²) in [6, 6.07) is 6.54. The van der Waals surface area contributed by atoms with Crippen molar-refractivity contribution >= 4 is 0 Å². The molecule has 1 aromatic carbocycles. The highest BCUT2D eigenvalue weighted by Crippen LogP contribution is 2.33. The zero-order chi connectivity index (χ0) is 11.4. The molecule has 0 amide bonds. The second-order valence-corrected chi connectivity index (χ2v) is 4.51. The molecule has 3 heteroatoms. The van der Waals surface area contributed by atoms with Crippen LogP contribution < -0.4 is 5.73 Å². The summed E-state index contributed by atoms with van der Waals surface area (Å²) < 4.78 is 18.9. The third kappa shape index (κ3) is 2.60. The van der Waals surface area contributed by atoms with Gasteiger partial charge in [0.2, 0.25) is 0 Å². The van der Waals surface area contributed by atoms with Gasteiger partial charge in [-0.15, -0.1) is 0 Å². The monoisotopic (exact) mass is 223 g/mol. The van der Waals surface area contributed by atoms with Crippen LogP contribution in [0.5, 0.6) is 0 Å². The lowest BCUT2D eigenvalue weighted by molar-refractivity contribution is -0.0449. The van der Waals surface area contributed by atoms with Gasteiger partial charge in [-0.25, -0.2) is 4.39 Å². The van der Waals surface area contributed by atoms with Crippen molar-refractivity contribution in [3.63, 3.8) is 0 Å². The lowest BCUT2D eigenvalue weighted by Crippen LogP contribution is -2.37. The van der Waals surface area contributed by atoms with E-state index in [1.807, 2.05) is 6.07 Å². The van der Waals surface area contributed by atoms with Crippen LogP contribution in [0.25, 0.3) is 0 Å². The van der Waals surface area contributed by atoms with Gasteiger partial charge in [0.05, 0.1) is 12.2 Å². The third-order valence-corrected chi connectivity index (χ3v) is 3.32. The van der Waals surface area contributed by atoms with Gasteiger partial charge in [0.25, 0.3) is 0 Å². The van der Waals surface area contributed by atoms with Crippen molar-refractivity contribution in [3.05, 3.63) is 35.6 Å². The molecule has 0 radical (unpaired) electrons. The summed E-state index contributed by atoms with van der Waals surface area (Å²) in [6.07, 6.45) is 4.42. The minimum atomic E-state index is -0.214. The highest BCUT2D eigenvalue weighted by atomic mass is 19.1. The molecule has 88 valence electrons. The Morgan fingerprint density at radius 3 is 2.69 bits per heavy atom. The lowest BCUT2D eigenvalue weighted by atomic mass is 10.0. The van der Waals surface area contributed by atoms with Crippen LogP contribution in [-0.4, -0.2) is 12.1 Å². The minimum absolute atomic E-state index is 0.160. The molecule has 0 bridgehead atoms. The quantitative estimate of drug-likeness (QED) is 0.851. The first-order valence-corrected chi connectivity index (χ1v) is 5.83. The van der Waals surface area contributed by atoms with Gasteiger partial charge >= 0.3 is 0 Å². The molecule has 2 nitrogen and oxygen atoms in total. The number of halogens is 1. The number of hydrogen-bond acceptors (Lipinski definition) is 2. The SMILES string of the molecule is NCC1(OCc2cccc(F)c2)CCCC1. The summed E-state index contributed by atoms with van der Waals surface area (Å²) in [5.41, 5.74) is 6.48. The molecule has 1 aliphatic rings. The Bertz CT molecular complexity index is 348. The second-order valence-electron chi connectivity index (χ2n) is 4.51. The second kappa shape index (κ2) is 4.93. The number of hydrogen-bond donors (Lipinski definition) is 1. The summed E-state index contributed by atoms with van der Waals surface area (Å²) in [6.45, 7) is 1.01. The van der Waals surface area contributed by atoms with Crippen molar-refractivity contribution < 1.29 is 9.13 Å². The third-order valence-electron chi connectivity index (χ3n) is 3.32. The molecule has 1 fully saturated rings. The average Bonchev–Trinajstić information content (AvgIpc) is 2.76. The number of ether oxygens (including phenoxy) is 1. The summed E-state index contributed by atoms with van der Waals surface area (Å²) in [4.78, 5) is 0. The first-order valence-electron chi connectivity index (χ1n) is 5.83. The van der Waals surface area contributed by atoms with E-state index >= 15 is 0 Å². The zero-order valence-corrected chi connectivity index (χ0v) is 9.42. The molecule has 1 aliphatic carbocycles. The van der Waals surface area contributed by atoms with Crippen LogP contribution in [0, 0.1) is 5.82 Å². The van der Waals surface area contributed by atoms with Crippen molar-refractivity contribution in [2.24, 2.45) is 5.73 Å². The Hall–Kier alpha value is -0.930. The summed E-state index contributed by atoms with van der Waals surface area (Å²) >= 11 is 0. The van der Waals surface area contributed by atoms with Crippen molar-refractivity contribution in [2.75, 3.05) is 6.54 Å². The van der Waals surface area contributed by atoms with Crippen molar-refractivity contribution in [2.45, 2.75) is 37.9 Å². The van der Waals surface area contributed by atoms with Crippen LogP contribution in [-0.2, 0) is 11.3 Å². The molecule has 1 aromatic rings. The summed E-state index contributed by atoms with van der Waals surface area (Å²) in [7, 11) is 0. The van der Waals surface area contributed by atoms with Gasteiger partial charge in [-0.1, -0.05) is 25.0 Å². The molecule has 16 heavy (non-hydrogen) atoms. The van der Waals surface area contributed by atoms with Crippen LogP contribution in [0.15, 0.2) is 24.3 Å². The molecule has 0 unspecified atom stereocenters. The Morgan fingerprint density at radius 1 is 1.31 bits per heavy atom. The van der Waals surface area contributed by atoms with Crippen LogP contribution >= 0.6 is 0 Å². The predicted octanol–water partition coefficient (Wildman–Crippen LogP) is 2.61. The molecule has 0 spiro atoms. The molecule has 1 saturated carbocycles. The van der Waals surface area contributed by atoms with E-state index in [9.17, 15) is 4.39 Å². The van der Waals surface area contributed by atoms with Crippen molar-refractivity contribution in [3.8, 4) is 0 Å². The summed E-state index contributed by atoms with van der Waals surface area (Å²) in [5, 5.41) is 0. The standard InChI is InChI=1S/C13H18FNO/c14-12-5-3-4-11(8-12)9-16-13(10-15)6-1-2-7-13/h3-5,8H,1-2,6-7,9-10,15H2. The van der Waals surface area contributed by atoms with Crippen molar-refractivity contribution in [1.82, 2.24) is 0 Å². The van der Waals surface area contributed by atoms with E-state index in [1.54, 1.807) is 6.07 Å². The molecule has 0 saturated heterocycles. The molecule has 0 atom stereocenters. The molecular formula is C13H18FNO. The van der Waals surface area contributed by atoms with E-state index in [0.29, 0.717) is 13.2 Å². The molecule has 0 aliphatic heterocycles. The Kier molecular flexibility index (Phi) is 3.56. The normalized spacial score (nSPS) is 18.9. The fourth-order valence-corrected chi connectivity index (χ4v) is 2.29. The van der Waals surface area contributed by atoms with Gasteiger partial charge in [0.15, 0.2) is 0 Å². The van der Waals surface area contributed by atoms with Crippen LogP contribution in [0.4, 0.5) is 4.39 Å². The molecule has 2 N–H and O–H groups in total. The Balaban J connectivity index is 1.95.